The third-order valence-electron chi connectivity index (χ3n) is 2.67. The molecule has 0 saturated heterocycles. The minimum atomic E-state index is 0. The molecule has 86 valence electrons. The molecule has 2 heterocycles. The topological polar surface area (TPSA) is 17.3 Å². The molecule has 0 unspecified atom stereocenters. The first-order valence-electron chi connectivity index (χ1n) is 5.34. The standard InChI is InChI=1S/C14H12N2.BrH/c1-11-7-8-14-15-13(10-16(14)9-11)12-5-3-2-4-6-12;/h2-10H,1H3;1H/p-1. The highest BCUT2D eigenvalue weighted by Gasteiger charge is 2.02. The Morgan fingerprint density at radius 1 is 0.941 bits per heavy atom. The maximum Gasteiger partial charge on any atom is 0.137 e. The van der Waals surface area contributed by atoms with Crippen LogP contribution >= 0.6 is 0 Å². The molecule has 0 aliphatic heterocycles. The Bertz CT molecular complexity index is 629. The summed E-state index contributed by atoms with van der Waals surface area (Å²) in [5.74, 6) is 0. The van der Waals surface area contributed by atoms with Gasteiger partial charge in [0.2, 0.25) is 0 Å². The van der Waals surface area contributed by atoms with Crippen LogP contribution in [0.5, 0.6) is 0 Å². The summed E-state index contributed by atoms with van der Waals surface area (Å²) in [7, 11) is 0. The Labute approximate surface area is 111 Å². The Kier molecular flexibility index (Phi) is 3.29. The van der Waals surface area contributed by atoms with Crippen LogP contribution in [0.4, 0.5) is 0 Å². The minimum absolute atomic E-state index is 0. The predicted octanol–water partition coefficient (Wildman–Crippen LogP) is 0.314. The molecular formula is C14H12BrN2-. The Hall–Kier alpha value is -1.61. The van der Waals surface area contributed by atoms with Crippen molar-refractivity contribution in [1.82, 2.24) is 9.38 Å². The predicted molar refractivity (Wildman–Crippen MR) is 65.4 cm³/mol. The summed E-state index contributed by atoms with van der Waals surface area (Å²) in [5, 5.41) is 0. The summed E-state index contributed by atoms with van der Waals surface area (Å²) in [5.41, 5.74) is 4.41. The van der Waals surface area contributed by atoms with Crippen molar-refractivity contribution < 1.29 is 17.0 Å². The molecule has 0 aliphatic rings. The van der Waals surface area contributed by atoms with Crippen LogP contribution in [0.2, 0.25) is 0 Å². The van der Waals surface area contributed by atoms with Crippen LogP contribution in [0.1, 0.15) is 5.56 Å². The van der Waals surface area contributed by atoms with E-state index in [1.807, 2.05) is 24.3 Å². The van der Waals surface area contributed by atoms with Gasteiger partial charge in [-0.25, -0.2) is 4.98 Å². The summed E-state index contributed by atoms with van der Waals surface area (Å²) in [6, 6.07) is 14.4. The molecule has 0 fully saturated rings. The molecule has 0 radical (unpaired) electrons. The molecule has 3 heteroatoms. The van der Waals surface area contributed by atoms with Crippen molar-refractivity contribution in [2.75, 3.05) is 0 Å². The van der Waals surface area contributed by atoms with E-state index >= 15 is 0 Å². The molecule has 0 saturated carbocycles. The zero-order valence-electron chi connectivity index (χ0n) is 9.47. The highest BCUT2D eigenvalue weighted by atomic mass is 79.9. The van der Waals surface area contributed by atoms with Crippen molar-refractivity contribution in [2.24, 2.45) is 0 Å². The summed E-state index contributed by atoms with van der Waals surface area (Å²) in [6.45, 7) is 2.08. The van der Waals surface area contributed by atoms with E-state index in [9.17, 15) is 0 Å². The summed E-state index contributed by atoms with van der Waals surface area (Å²) < 4.78 is 2.07. The van der Waals surface area contributed by atoms with Gasteiger partial charge in [0.15, 0.2) is 0 Å². The van der Waals surface area contributed by atoms with Crippen molar-refractivity contribution in [1.29, 1.82) is 0 Å². The highest BCUT2D eigenvalue weighted by molar-refractivity contribution is 5.62. The van der Waals surface area contributed by atoms with E-state index in [1.54, 1.807) is 0 Å². The molecule has 0 spiro atoms. The third-order valence-corrected chi connectivity index (χ3v) is 2.67. The SMILES string of the molecule is Cc1ccc2nc(-c3ccccc3)cn2c1.[Br-]. The number of aromatic nitrogens is 2. The van der Waals surface area contributed by atoms with Gasteiger partial charge in [-0.3, -0.25) is 0 Å². The second kappa shape index (κ2) is 4.72. The van der Waals surface area contributed by atoms with Crippen LogP contribution in [0.25, 0.3) is 16.9 Å². The first-order valence-corrected chi connectivity index (χ1v) is 5.34. The number of benzene rings is 1. The van der Waals surface area contributed by atoms with Gasteiger partial charge in [-0.2, -0.15) is 0 Å². The number of imidazole rings is 1. The van der Waals surface area contributed by atoms with Gasteiger partial charge in [0.1, 0.15) is 5.65 Å². The highest BCUT2D eigenvalue weighted by Crippen LogP contribution is 2.18. The first kappa shape index (κ1) is 11.9. The van der Waals surface area contributed by atoms with E-state index in [0.717, 1.165) is 16.9 Å². The molecule has 0 N–H and O–H groups in total. The molecule has 2 aromatic heterocycles. The van der Waals surface area contributed by atoms with Crippen molar-refractivity contribution in [3.63, 3.8) is 0 Å². The van der Waals surface area contributed by atoms with Crippen LogP contribution in [-0.2, 0) is 0 Å². The lowest BCUT2D eigenvalue weighted by Crippen LogP contribution is -3.00. The van der Waals surface area contributed by atoms with E-state index in [0.29, 0.717) is 0 Å². The lowest BCUT2D eigenvalue weighted by atomic mass is 10.2. The lowest BCUT2D eigenvalue weighted by molar-refractivity contribution is -0.00000331. The second-order valence-electron chi connectivity index (χ2n) is 3.96. The quantitative estimate of drug-likeness (QED) is 0.630. The van der Waals surface area contributed by atoms with E-state index in [2.05, 4.69) is 46.9 Å². The maximum absolute atomic E-state index is 4.59. The third kappa shape index (κ3) is 2.24. The number of rotatable bonds is 1. The van der Waals surface area contributed by atoms with Gasteiger partial charge in [0.05, 0.1) is 5.69 Å². The number of hydrogen-bond acceptors (Lipinski definition) is 1. The fraction of sp³-hybridized carbons (Fsp3) is 0.0714. The zero-order valence-corrected chi connectivity index (χ0v) is 11.1. The maximum atomic E-state index is 4.59. The molecule has 0 bridgehead atoms. The Balaban J connectivity index is 0.00000108. The molecule has 3 aromatic rings. The molecular weight excluding hydrogens is 276 g/mol. The molecule has 17 heavy (non-hydrogen) atoms. The van der Waals surface area contributed by atoms with Gasteiger partial charge in [0.25, 0.3) is 0 Å². The van der Waals surface area contributed by atoms with Crippen LogP contribution in [0.3, 0.4) is 0 Å². The monoisotopic (exact) mass is 287 g/mol. The van der Waals surface area contributed by atoms with Crippen molar-refractivity contribution in [3.05, 3.63) is 60.4 Å². The van der Waals surface area contributed by atoms with Gasteiger partial charge in [-0.05, 0) is 18.6 Å². The number of fused-ring (bicyclic) bond motifs is 1. The second-order valence-corrected chi connectivity index (χ2v) is 3.96. The van der Waals surface area contributed by atoms with Gasteiger partial charge in [-0.15, -0.1) is 0 Å². The zero-order chi connectivity index (χ0) is 11.0. The van der Waals surface area contributed by atoms with Gasteiger partial charge in [0, 0.05) is 18.0 Å². The van der Waals surface area contributed by atoms with Crippen LogP contribution in [-0.4, -0.2) is 9.38 Å². The normalized spacial score (nSPS) is 10.2. The average molecular weight is 288 g/mol. The number of nitrogens with zero attached hydrogens (tertiary/aromatic N) is 2. The Morgan fingerprint density at radius 3 is 2.47 bits per heavy atom. The van der Waals surface area contributed by atoms with Crippen LogP contribution < -0.4 is 17.0 Å². The van der Waals surface area contributed by atoms with Crippen molar-refractivity contribution in [3.8, 4) is 11.3 Å². The van der Waals surface area contributed by atoms with Gasteiger partial charge in [-0.1, -0.05) is 36.4 Å². The number of aryl methyl sites for hydroxylation is 1. The largest absolute Gasteiger partial charge is 1.00 e. The molecule has 0 atom stereocenters. The summed E-state index contributed by atoms with van der Waals surface area (Å²) in [6.07, 6.45) is 4.16. The van der Waals surface area contributed by atoms with Crippen LogP contribution in [0.15, 0.2) is 54.9 Å². The smallest absolute Gasteiger partial charge is 0.137 e. The van der Waals surface area contributed by atoms with E-state index in [1.165, 1.54) is 5.56 Å². The van der Waals surface area contributed by atoms with Gasteiger partial charge < -0.3 is 21.4 Å². The number of hydrogen-bond donors (Lipinski definition) is 0. The summed E-state index contributed by atoms with van der Waals surface area (Å²) in [4.78, 5) is 4.59. The van der Waals surface area contributed by atoms with Crippen LogP contribution in [0, 0.1) is 6.92 Å². The van der Waals surface area contributed by atoms with Gasteiger partial charge >= 0.3 is 0 Å². The molecule has 0 aliphatic carbocycles. The minimum Gasteiger partial charge on any atom is -1.00 e. The lowest BCUT2D eigenvalue weighted by Gasteiger charge is -1.93. The number of halogens is 1. The number of pyridine rings is 1. The molecule has 1 aromatic carbocycles. The fourth-order valence-corrected chi connectivity index (χ4v) is 1.85. The molecule has 3 rings (SSSR count). The molecule has 2 nitrogen and oxygen atoms in total. The van der Waals surface area contributed by atoms with Crippen molar-refractivity contribution in [2.45, 2.75) is 6.92 Å². The Morgan fingerprint density at radius 2 is 1.71 bits per heavy atom. The van der Waals surface area contributed by atoms with Crippen molar-refractivity contribution >= 4 is 5.65 Å². The van der Waals surface area contributed by atoms with E-state index < -0.39 is 0 Å². The fourth-order valence-electron chi connectivity index (χ4n) is 1.85. The molecule has 0 amide bonds. The average Bonchev–Trinajstić information content (AvgIpc) is 2.73. The summed E-state index contributed by atoms with van der Waals surface area (Å²) >= 11 is 0. The first-order chi connectivity index (χ1) is 7.83. The van der Waals surface area contributed by atoms with E-state index in [-0.39, 0.29) is 17.0 Å². The van der Waals surface area contributed by atoms with E-state index in [4.69, 9.17) is 0 Å².